The number of benzene rings is 2. The Hall–Kier alpha value is -3.33. The maximum Gasteiger partial charge on any atom is 0.338 e. The van der Waals surface area contributed by atoms with Crippen LogP contribution in [0.15, 0.2) is 42.5 Å². The minimum atomic E-state index is -0.558. The topological polar surface area (TPSA) is 111 Å². The van der Waals surface area contributed by atoms with Gasteiger partial charge in [0.15, 0.2) is 5.11 Å². The van der Waals surface area contributed by atoms with E-state index in [0.29, 0.717) is 11.3 Å². The van der Waals surface area contributed by atoms with Gasteiger partial charge in [0.05, 0.1) is 17.1 Å². The minimum Gasteiger partial charge on any atom is -0.462 e. The summed E-state index contributed by atoms with van der Waals surface area (Å²) in [5.74, 6) is -0.988. The molecule has 0 spiro atoms. The van der Waals surface area contributed by atoms with Crippen molar-refractivity contribution in [2.75, 3.05) is 11.9 Å². The second kappa shape index (κ2) is 8.86. The quantitative estimate of drug-likeness (QED) is 0.351. The third-order valence-corrected chi connectivity index (χ3v) is 3.83. The molecular formula is C18H17N3O5S. The maximum absolute atomic E-state index is 12.3. The van der Waals surface area contributed by atoms with Gasteiger partial charge in [-0.1, -0.05) is 6.07 Å². The first-order chi connectivity index (χ1) is 12.8. The molecule has 2 rings (SSSR count). The van der Waals surface area contributed by atoms with Crippen molar-refractivity contribution in [3.63, 3.8) is 0 Å². The number of hydrogen-bond acceptors (Lipinski definition) is 6. The summed E-state index contributed by atoms with van der Waals surface area (Å²) >= 11 is 5.10. The second-order valence-corrected chi connectivity index (χ2v) is 5.82. The van der Waals surface area contributed by atoms with Gasteiger partial charge in [-0.3, -0.25) is 20.2 Å². The molecule has 9 heteroatoms. The minimum absolute atomic E-state index is 0.0230. The Labute approximate surface area is 160 Å². The van der Waals surface area contributed by atoms with E-state index in [1.165, 1.54) is 25.1 Å². The van der Waals surface area contributed by atoms with E-state index in [0.717, 1.165) is 0 Å². The number of ether oxygens (including phenoxy) is 1. The number of hydrogen-bond donors (Lipinski definition) is 2. The third-order valence-electron chi connectivity index (χ3n) is 3.63. The highest BCUT2D eigenvalue weighted by Gasteiger charge is 2.18. The molecule has 0 saturated carbocycles. The SMILES string of the molecule is CCOC(=O)c1ccc(NC(=S)NC(=O)c2cccc([N+](=O)[O-])c2C)cc1. The van der Waals surface area contributed by atoms with Crippen LogP contribution in [0, 0.1) is 17.0 Å². The maximum atomic E-state index is 12.3. The number of nitro benzene ring substituents is 1. The molecule has 8 nitrogen and oxygen atoms in total. The Balaban J connectivity index is 2.03. The summed E-state index contributed by atoms with van der Waals surface area (Å²) in [5.41, 5.74) is 1.22. The Kier molecular flexibility index (Phi) is 6.56. The monoisotopic (exact) mass is 387 g/mol. The molecule has 1 amide bonds. The first-order valence-corrected chi connectivity index (χ1v) is 8.37. The summed E-state index contributed by atoms with van der Waals surface area (Å²) in [4.78, 5) is 34.4. The smallest absolute Gasteiger partial charge is 0.338 e. The van der Waals surface area contributed by atoms with Crippen molar-refractivity contribution in [3.8, 4) is 0 Å². The van der Waals surface area contributed by atoms with Gasteiger partial charge >= 0.3 is 5.97 Å². The number of carbonyl (C=O) groups is 2. The molecule has 140 valence electrons. The molecule has 2 aromatic rings. The van der Waals surface area contributed by atoms with E-state index in [1.807, 2.05) is 0 Å². The predicted molar refractivity (Wildman–Crippen MR) is 104 cm³/mol. The average molecular weight is 387 g/mol. The molecule has 0 radical (unpaired) electrons. The molecule has 27 heavy (non-hydrogen) atoms. The molecule has 0 aliphatic rings. The summed E-state index contributed by atoms with van der Waals surface area (Å²) in [6, 6.07) is 10.6. The molecule has 0 atom stereocenters. The zero-order valence-corrected chi connectivity index (χ0v) is 15.5. The lowest BCUT2D eigenvalue weighted by atomic mass is 10.1. The van der Waals surface area contributed by atoms with Gasteiger partial charge in [0.25, 0.3) is 11.6 Å². The van der Waals surface area contributed by atoms with Gasteiger partial charge in [-0.25, -0.2) is 4.79 Å². The van der Waals surface area contributed by atoms with Crippen LogP contribution in [-0.2, 0) is 4.74 Å². The van der Waals surface area contributed by atoms with Crippen molar-refractivity contribution in [1.82, 2.24) is 5.32 Å². The second-order valence-electron chi connectivity index (χ2n) is 5.41. The summed E-state index contributed by atoms with van der Waals surface area (Å²) in [6.07, 6.45) is 0. The number of anilines is 1. The van der Waals surface area contributed by atoms with Crippen LogP contribution in [-0.4, -0.2) is 28.5 Å². The highest BCUT2D eigenvalue weighted by Crippen LogP contribution is 2.21. The lowest BCUT2D eigenvalue weighted by Crippen LogP contribution is -2.34. The fourth-order valence-electron chi connectivity index (χ4n) is 2.30. The summed E-state index contributed by atoms with van der Waals surface area (Å²) in [7, 11) is 0. The Morgan fingerprint density at radius 2 is 1.85 bits per heavy atom. The van der Waals surface area contributed by atoms with E-state index >= 15 is 0 Å². The van der Waals surface area contributed by atoms with Gasteiger partial charge in [-0.2, -0.15) is 0 Å². The van der Waals surface area contributed by atoms with Crippen LogP contribution in [0.1, 0.15) is 33.2 Å². The number of nitrogens with one attached hydrogen (secondary N) is 2. The Morgan fingerprint density at radius 1 is 1.19 bits per heavy atom. The van der Waals surface area contributed by atoms with Gasteiger partial charge in [-0.15, -0.1) is 0 Å². The van der Waals surface area contributed by atoms with Crippen molar-refractivity contribution in [2.24, 2.45) is 0 Å². The zero-order chi connectivity index (χ0) is 20.0. The first kappa shape index (κ1) is 20.0. The van der Waals surface area contributed by atoms with E-state index in [2.05, 4.69) is 10.6 Å². The number of thiocarbonyl (C=S) groups is 1. The zero-order valence-electron chi connectivity index (χ0n) is 14.6. The Morgan fingerprint density at radius 3 is 2.44 bits per heavy atom. The number of esters is 1. The molecule has 0 bridgehead atoms. The van der Waals surface area contributed by atoms with Crippen LogP contribution in [0.4, 0.5) is 11.4 Å². The predicted octanol–water partition coefficient (Wildman–Crippen LogP) is 3.21. The molecule has 0 unspecified atom stereocenters. The van der Waals surface area contributed by atoms with Crippen LogP contribution in [0.3, 0.4) is 0 Å². The van der Waals surface area contributed by atoms with Crippen LogP contribution >= 0.6 is 12.2 Å². The van der Waals surface area contributed by atoms with Gasteiger partial charge < -0.3 is 10.1 Å². The summed E-state index contributed by atoms with van der Waals surface area (Å²) < 4.78 is 4.90. The lowest BCUT2D eigenvalue weighted by Gasteiger charge is -2.11. The van der Waals surface area contributed by atoms with E-state index in [1.54, 1.807) is 31.2 Å². The Bertz CT molecular complexity index is 896. The molecule has 0 saturated heterocycles. The van der Waals surface area contributed by atoms with E-state index in [4.69, 9.17) is 17.0 Å². The highest BCUT2D eigenvalue weighted by molar-refractivity contribution is 7.80. The van der Waals surface area contributed by atoms with Gasteiger partial charge in [-0.05, 0) is 56.4 Å². The van der Waals surface area contributed by atoms with Gasteiger partial charge in [0.1, 0.15) is 0 Å². The highest BCUT2D eigenvalue weighted by atomic mass is 32.1. The molecular weight excluding hydrogens is 370 g/mol. The van der Waals surface area contributed by atoms with Crippen molar-refractivity contribution in [2.45, 2.75) is 13.8 Å². The largest absolute Gasteiger partial charge is 0.462 e. The lowest BCUT2D eigenvalue weighted by molar-refractivity contribution is -0.385. The standard InChI is InChI=1S/C18H17N3O5S/c1-3-26-17(23)12-7-9-13(10-8-12)19-18(27)20-16(22)14-5-4-6-15(11(14)2)21(24)25/h4-10H,3H2,1-2H3,(H2,19,20,22,27). The number of amides is 1. The van der Waals surface area contributed by atoms with Crippen LogP contribution in [0.5, 0.6) is 0 Å². The third kappa shape index (κ3) is 5.08. The number of rotatable bonds is 5. The van der Waals surface area contributed by atoms with Crippen molar-refractivity contribution in [3.05, 3.63) is 69.3 Å². The fourth-order valence-corrected chi connectivity index (χ4v) is 2.51. The normalized spacial score (nSPS) is 10.0. The number of carbonyl (C=O) groups excluding carboxylic acids is 2. The molecule has 2 aromatic carbocycles. The summed E-state index contributed by atoms with van der Waals surface area (Å²) in [5, 5.41) is 16.3. The molecule has 0 aliphatic carbocycles. The van der Waals surface area contributed by atoms with Crippen molar-refractivity contribution >= 4 is 40.6 Å². The molecule has 2 N–H and O–H groups in total. The number of nitrogens with zero attached hydrogens (tertiary/aromatic N) is 1. The molecule has 0 fully saturated rings. The van der Waals surface area contributed by atoms with Crippen LogP contribution in [0.25, 0.3) is 0 Å². The van der Waals surface area contributed by atoms with E-state index in [9.17, 15) is 19.7 Å². The fraction of sp³-hybridized carbons (Fsp3) is 0.167. The molecule has 0 aliphatic heterocycles. The van der Waals surface area contributed by atoms with Crippen LogP contribution < -0.4 is 10.6 Å². The van der Waals surface area contributed by atoms with Gasteiger partial charge in [0, 0.05) is 22.9 Å². The first-order valence-electron chi connectivity index (χ1n) is 7.97. The van der Waals surface area contributed by atoms with E-state index < -0.39 is 16.8 Å². The van der Waals surface area contributed by atoms with E-state index in [-0.39, 0.29) is 28.5 Å². The van der Waals surface area contributed by atoms with Crippen molar-refractivity contribution < 1.29 is 19.2 Å². The number of nitro groups is 1. The molecule has 0 aromatic heterocycles. The van der Waals surface area contributed by atoms with Gasteiger partial charge in [0.2, 0.25) is 0 Å². The molecule has 0 heterocycles. The summed E-state index contributed by atoms with van der Waals surface area (Å²) in [6.45, 7) is 3.50. The van der Waals surface area contributed by atoms with Crippen molar-refractivity contribution in [1.29, 1.82) is 0 Å². The average Bonchev–Trinajstić information content (AvgIpc) is 2.62. The van der Waals surface area contributed by atoms with Crippen LogP contribution in [0.2, 0.25) is 0 Å².